The largest absolute Gasteiger partial charge is 0.357 e. The van der Waals surface area contributed by atoms with Crippen molar-refractivity contribution in [3.63, 3.8) is 0 Å². The van der Waals surface area contributed by atoms with Crippen molar-refractivity contribution in [3.05, 3.63) is 0 Å². The summed E-state index contributed by atoms with van der Waals surface area (Å²) in [6.45, 7) is 7.34. The third-order valence-corrected chi connectivity index (χ3v) is 3.05. The van der Waals surface area contributed by atoms with Gasteiger partial charge in [-0.2, -0.15) is 0 Å². The predicted molar refractivity (Wildman–Crippen MR) is 81.7 cm³/mol. The van der Waals surface area contributed by atoms with E-state index < -0.39 is 12.1 Å². The van der Waals surface area contributed by atoms with Crippen molar-refractivity contribution in [2.75, 3.05) is 20.1 Å². The van der Waals surface area contributed by atoms with Gasteiger partial charge in [-0.3, -0.25) is 14.4 Å². The number of likely N-dealkylation sites (N-methyl/N-ethyl adjacent to an activating group) is 1. The van der Waals surface area contributed by atoms with Crippen molar-refractivity contribution in [1.82, 2.24) is 21.3 Å². The minimum atomic E-state index is -0.639. The molecular formula is C14H28N4O3. The first kappa shape index (κ1) is 19.4. The Labute approximate surface area is 126 Å². The summed E-state index contributed by atoms with van der Waals surface area (Å²) in [7, 11) is 1.49. The van der Waals surface area contributed by atoms with Crippen molar-refractivity contribution in [3.8, 4) is 0 Å². The fourth-order valence-electron chi connectivity index (χ4n) is 1.65. The smallest absolute Gasteiger partial charge is 0.242 e. The number of rotatable bonds is 5. The first-order valence-corrected chi connectivity index (χ1v) is 7.44. The first-order chi connectivity index (χ1) is 9.92. The number of hydrogen-bond donors (Lipinski definition) is 4. The second kappa shape index (κ2) is 11.1. The lowest BCUT2D eigenvalue weighted by molar-refractivity contribution is -0.131. The van der Waals surface area contributed by atoms with Crippen LogP contribution in [0.5, 0.6) is 0 Å². The van der Waals surface area contributed by atoms with Crippen molar-refractivity contribution in [1.29, 1.82) is 0 Å². The Morgan fingerprint density at radius 3 is 1.90 bits per heavy atom. The molecule has 122 valence electrons. The highest BCUT2D eigenvalue weighted by Crippen LogP contribution is 1.90. The topological polar surface area (TPSA) is 99.3 Å². The maximum Gasteiger partial charge on any atom is 0.242 e. The fourth-order valence-corrected chi connectivity index (χ4v) is 1.65. The van der Waals surface area contributed by atoms with Crippen LogP contribution < -0.4 is 21.3 Å². The highest BCUT2D eigenvalue weighted by molar-refractivity contribution is 5.91. The van der Waals surface area contributed by atoms with Crippen LogP contribution in [-0.2, 0) is 14.4 Å². The summed E-state index contributed by atoms with van der Waals surface area (Å²) in [5.74, 6) is -0.851. The Kier molecular flexibility index (Phi) is 10.2. The van der Waals surface area contributed by atoms with E-state index in [1.54, 1.807) is 20.8 Å². The summed E-state index contributed by atoms with van der Waals surface area (Å²) in [5.41, 5.74) is 0. The van der Waals surface area contributed by atoms with E-state index in [1.165, 1.54) is 33.0 Å². The average Bonchev–Trinajstić information content (AvgIpc) is 3.05. The minimum absolute atomic E-state index is 0.199. The predicted octanol–water partition coefficient (Wildman–Crippen LogP) is -0.478. The zero-order chi connectivity index (χ0) is 16.3. The van der Waals surface area contributed by atoms with Gasteiger partial charge in [-0.25, -0.2) is 0 Å². The van der Waals surface area contributed by atoms with Crippen LogP contribution in [0.15, 0.2) is 0 Å². The van der Waals surface area contributed by atoms with E-state index in [0.29, 0.717) is 6.42 Å². The molecule has 7 heteroatoms. The van der Waals surface area contributed by atoms with Crippen molar-refractivity contribution < 1.29 is 14.4 Å². The highest BCUT2D eigenvalue weighted by atomic mass is 16.2. The Morgan fingerprint density at radius 1 is 1.00 bits per heavy atom. The van der Waals surface area contributed by atoms with Crippen LogP contribution in [-0.4, -0.2) is 49.9 Å². The monoisotopic (exact) mass is 300 g/mol. The molecule has 1 aliphatic heterocycles. The van der Waals surface area contributed by atoms with Gasteiger partial charge in [0.15, 0.2) is 0 Å². The van der Waals surface area contributed by atoms with E-state index >= 15 is 0 Å². The van der Waals surface area contributed by atoms with Crippen molar-refractivity contribution in [2.24, 2.45) is 0 Å². The van der Waals surface area contributed by atoms with E-state index in [-0.39, 0.29) is 17.7 Å². The third-order valence-electron chi connectivity index (χ3n) is 3.05. The summed E-state index contributed by atoms with van der Waals surface area (Å²) in [5, 5.41) is 10.6. The summed E-state index contributed by atoms with van der Waals surface area (Å²) < 4.78 is 0. The van der Waals surface area contributed by atoms with Crippen LogP contribution in [0.3, 0.4) is 0 Å². The average molecular weight is 300 g/mol. The van der Waals surface area contributed by atoms with E-state index in [1.807, 2.05) is 0 Å². The van der Waals surface area contributed by atoms with Gasteiger partial charge in [0.25, 0.3) is 0 Å². The van der Waals surface area contributed by atoms with Gasteiger partial charge in [-0.1, -0.05) is 6.92 Å². The molecule has 0 spiro atoms. The van der Waals surface area contributed by atoms with Gasteiger partial charge >= 0.3 is 0 Å². The van der Waals surface area contributed by atoms with Gasteiger partial charge in [0.1, 0.15) is 12.1 Å². The first-order valence-electron chi connectivity index (χ1n) is 7.44. The normalized spacial score (nSPS) is 16.0. The van der Waals surface area contributed by atoms with Crippen molar-refractivity contribution in [2.45, 2.75) is 52.1 Å². The molecule has 0 aromatic carbocycles. The second-order valence-corrected chi connectivity index (χ2v) is 4.94. The highest BCUT2D eigenvalue weighted by Gasteiger charge is 2.19. The van der Waals surface area contributed by atoms with Crippen LogP contribution in [0.2, 0.25) is 0 Å². The Balaban J connectivity index is 0.000000662. The molecule has 3 amide bonds. The van der Waals surface area contributed by atoms with Crippen molar-refractivity contribution >= 4 is 17.7 Å². The maximum atomic E-state index is 11.5. The third kappa shape index (κ3) is 9.01. The van der Waals surface area contributed by atoms with Crippen LogP contribution in [0.25, 0.3) is 0 Å². The number of carbonyl (C=O) groups is 3. The molecule has 1 heterocycles. The van der Waals surface area contributed by atoms with Gasteiger partial charge in [-0.05, 0) is 39.8 Å². The number of nitrogens with one attached hydrogen (secondary N) is 4. The maximum absolute atomic E-state index is 11.5. The number of carbonyl (C=O) groups excluding carboxylic acids is 3. The van der Waals surface area contributed by atoms with Gasteiger partial charge < -0.3 is 21.3 Å². The zero-order valence-corrected chi connectivity index (χ0v) is 13.4. The van der Waals surface area contributed by atoms with Gasteiger partial charge in [0.05, 0.1) is 0 Å². The SMILES string of the molecule is C1CCNC1.CCC(=O)NC(C)C(=O)NC(C)C(=O)NC. The van der Waals surface area contributed by atoms with Gasteiger partial charge in [0, 0.05) is 13.5 Å². The molecular weight excluding hydrogens is 272 g/mol. The molecule has 4 N–H and O–H groups in total. The minimum Gasteiger partial charge on any atom is -0.357 e. The van der Waals surface area contributed by atoms with Gasteiger partial charge in [-0.15, -0.1) is 0 Å². The molecule has 1 fully saturated rings. The molecule has 0 radical (unpaired) electrons. The second-order valence-electron chi connectivity index (χ2n) is 4.94. The number of amides is 3. The molecule has 1 saturated heterocycles. The summed E-state index contributed by atoms with van der Waals surface area (Å²) in [6.07, 6.45) is 3.10. The lowest BCUT2D eigenvalue weighted by Crippen LogP contribution is -2.51. The van der Waals surface area contributed by atoms with Gasteiger partial charge in [0.2, 0.25) is 17.7 Å². The van der Waals surface area contributed by atoms with Crippen LogP contribution in [0.1, 0.15) is 40.0 Å². The molecule has 0 bridgehead atoms. The van der Waals surface area contributed by atoms with E-state index in [9.17, 15) is 14.4 Å². The summed E-state index contributed by atoms with van der Waals surface area (Å²) in [6, 6.07) is -1.25. The molecule has 0 aliphatic carbocycles. The Hall–Kier alpha value is -1.63. The fraction of sp³-hybridized carbons (Fsp3) is 0.786. The molecule has 7 nitrogen and oxygen atoms in total. The standard InChI is InChI=1S/C10H19N3O3.C4H9N/c1-5-8(14)12-7(3)10(16)13-6(2)9(15)11-4;1-2-4-5-3-1/h6-7H,5H2,1-4H3,(H,11,15)(H,12,14)(H,13,16);5H,1-4H2. The zero-order valence-electron chi connectivity index (χ0n) is 13.4. The lowest BCUT2D eigenvalue weighted by Gasteiger charge is -2.17. The Bertz CT molecular complexity index is 336. The molecule has 0 saturated carbocycles. The van der Waals surface area contributed by atoms with Crippen LogP contribution >= 0.6 is 0 Å². The van der Waals surface area contributed by atoms with E-state index in [0.717, 1.165) is 0 Å². The molecule has 2 unspecified atom stereocenters. The lowest BCUT2D eigenvalue weighted by atomic mass is 10.2. The van der Waals surface area contributed by atoms with Crippen LogP contribution in [0, 0.1) is 0 Å². The van der Waals surface area contributed by atoms with E-state index in [2.05, 4.69) is 21.3 Å². The summed E-state index contributed by atoms with van der Waals surface area (Å²) >= 11 is 0. The van der Waals surface area contributed by atoms with E-state index in [4.69, 9.17) is 0 Å². The molecule has 1 aliphatic rings. The quantitative estimate of drug-likeness (QED) is 0.551. The molecule has 0 aromatic rings. The molecule has 0 aromatic heterocycles. The Morgan fingerprint density at radius 2 is 1.52 bits per heavy atom. The van der Waals surface area contributed by atoms with Crippen LogP contribution in [0.4, 0.5) is 0 Å². The molecule has 21 heavy (non-hydrogen) atoms. The summed E-state index contributed by atoms with van der Waals surface area (Å²) in [4.78, 5) is 33.7. The number of hydrogen-bond acceptors (Lipinski definition) is 4. The molecule has 2 atom stereocenters. The molecule has 1 rings (SSSR count).